The summed E-state index contributed by atoms with van der Waals surface area (Å²) in [6.45, 7) is 4.13. The van der Waals surface area contributed by atoms with Gasteiger partial charge in [0.05, 0.1) is 35.7 Å². The van der Waals surface area contributed by atoms with Gasteiger partial charge in [0.15, 0.2) is 0 Å². The summed E-state index contributed by atoms with van der Waals surface area (Å²) in [5, 5.41) is 7.15. The molecule has 0 spiro atoms. The van der Waals surface area contributed by atoms with E-state index in [9.17, 15) is 14.4 Å². The topological polar surface area (TPSA) is 84.2 Å². The van der Waals surface area contributed by atoms with Gasteiger partial charge in [0.25, 0.3) is 11.5 Å². The zero-order valence-corrected chi connectivity index (χ0v) is 22.7. The van der Waals surface area contributed by atoms with Crippen molar-refractivity contribution >= 4 is 74.3 Å². The van der Waals surface area contributed by atoms with E-state index in [1.54, 1.807) is 35.8 Å². The molecule has 37 heavy (non-hydrogen) atoms. The van der Waals surface area contributed by atoms with Crippen LogP contribution in [0.3, 0.4) is 0 Å². The van der Waals surface area contributed by atoms with Gasteiger partial charge in [0.1, 0.15) is 14.2 Å². The molecule has 0 N–H and O–H groups in total. The number of anilines is 2. The van der Waals surface area contributed by atoms with Crippen molar-refractivity contribution in [2.45, 2.75) is 31.7 Å². The first kappa shape index (κ1) is 25.3. The number of hydrazone groups is 1. The van der Waals surface area contributed by atoms with E-state index < -0.39 is 11.9 Å². The number of thiazole rings is 1. The summed E-state index contributed by atoms with van der Waals surface area (Å²) in [6.07, 6.45) is -0.182. The third-order valence-electron chi connectivity index (χ3n) is 5.93. The van der Waals surface area contributed by atoms with Gasteiger partial charge in [-0.2, -0.15) is 10.1 Å². The maximum atomic E-state index is 13.7. The van der Waals surface area contributed by atoms with Crippen molar-refractivity contribution in [2.24, 2.45) is 5.10 Å². The summed E-state index contributed by atoms with van der Waals surface area (Å²) >= 11 is 8.92. The lowest BCUT2D eigenvalue weighted by Gasteiger charge is -2.12. The number of nitrogens with zero attached hydrogens (tertiary/aromatic N) is 4. The molecule has 3 heterocycles. The van der Waals surface area contributed by atoms with Crippen molar-refractivity contribution in [2.75, 3.05) is 23.6 Å². The molecule has 0 fully saturated rings. The summed E-state index contributed by atoms with van der Waals surface area (Å²) < 4.78 is 7.67. The molecule has 2 aliphatic rings. The number of rotatable bonds is 5. The van der Waals surface area contributed by atoms with E-state index in [-0.39, 0.29) is 29.9 Å². The Labute approximate surface area is 226 Å². The van der Waals surface area contributed by atoms with Crippen LogP contribution in [0.5, 0.6) is 0 Å². The average Bonchev–Trinajstić information content (AvgIpc) is 3.50. The molecule has 0 radical (unpaired) electrons. The lowest BCUT2D eigenvalue weighted by Crippen LogP contribution is -2.35. The average molecular weight is 555 g/mol. The van der Waals surface area contributed by atoms with Crippen molar-refractivity contribution in [1.29, 1.82) is 0 Å². The molecule has 2 aromatic carbocycles. The number of benzene rings is 2. The van der Waals surface area contributed by atoms with Crippen molar-refractivity contribution in [1.82, 2.24) is 4.57 Å². The smallest absolute Gasteiger partial charge is 0.311 e. The fourth-order valence-corrected chi connectivity index (χ4v) is 6.94. The molecule has 2 aliphatic heterocycles. The van der Waals surface area contributed by atoms with Gasteiger partial charge in [0, 0.05) is 23.5 Å². The zero-order chi connectivity index (χ0) is 26.3. The highest BCUT2D eigenvalue weighted by Crippen LogP contribution is 2.46. The quantitative estimate of drug-likeness (QED) is 0.450. The summed E-state index contributed by atoms with van der Waals surface area (Å²) in [4.78, 5) is 42.7. The Balaban J connectivity index is 1.73. The van der Waals surface area contributed by atoms with E-state index in [0.717, 1.165) is 15.6 Å². The number of hydrogen-bond acceptors (Lipinski definition) is 8. The number of para-hydroxylation sites is 1. The Hall–Kier alpha value is -3.34. The molecular formula is C26H23ClN4O4S2. The monoisotopic (exact) mass is 554 g/mol. The summed E-state index contributed by atoms with van der Waals surface area (Å²) in [6, 6.07) is 14.6. The van der Waals surface area contributed by atoms with Crippen LogP contribution in [-0.4, -0.2) is 35.8 Å². The molecular weight excluding hydrogens is 532 g/mol. The molecule has 1 amide bonds. The number of halogens is 1. The number of carbonyl (C=O) groups is 2. The van der Waals surface area contributed by atoms with Crippen molar-refractivity contribution < 1.29 is 14.3 Å². The van der Waals surface area contributed by atoms with E-state index in [1.165, 1.54) is 28.1 Å². The molecule has 0 saturated heterocycles. The standard InChI is InChI=1S/C26H23ClN4O4S2/c1-4-30-24(34)22(26-29(3)18-13-15(27)11-12-19(18)36-26)37-25(30)21-17(14-20(32)35-5-2)28-31(23(21)33)16-9-7-6-8-10-16/h6-13H,4-5,14H2,1-3H3/b25-21?,26-22-. The molecule has 5 rings (SSSR count). The molecule has 0 saturated carbocycles. The highest BCUT2D eigenvalue weighted by atomic mass is 35.5. The summed E-state index contributed by atoms with van der Waals surface area (Å²) in [5.74, 6) is -0.885. The number of hydrogen-bond donors (Lipinski definition) is 0. The first-order chi connectivity index (χ1) is 17.8. The Morgan fingerprint density at radius 3 is 2.57 bits per heavy atom. The highest BCUT2D eigenvalue weighted by Gasteiger charge is 2.35. The SMILES string of the molecule is CCOC(=O)CC1=NN(c2ccccc2)C(=O)C1=c1s/c(=C2\Sc3ccc(Cl)cc3N2C)c(=O)n1CC. The normalized spacial score (nSPS) is 17.8. The van der Waals surface area contributed by atoms with E-state index in [1.807, 2.05) is 43.1 Å². The molecule has 8 nitrogen and oxygen atoms in total. The van der Waals surface area contributed by atoms with Crippen LogP contribution in [0.15, 0.2) is 63.3 Å². The van der Waals surface area contributed by atoms with Crippen LogP contribution < -0.4 is 24.7 Å². The van der Waals surface area contributed by atoms with Crippen molar-refractivity contribution in [3.05, 3.63) is 73.1 Å². The molecule has 11 heteroatoms. The van der Waals surface area contributed by atoms with E-state index in [0.29, 0.717) is 26.4 Å². The second-order valence-electron chi connectivity index (χ2n) is 8.22. The first-order valence-electron chi connectivity index (χ1n) is 11.7. The third kappa shape index (κ3) is 4.49. The Bertz CT molecular complexity index is 1630. The summed E-state index contributed by atoms with van der Waals surface area (Å²) in [5.41, 5.74) is 1.78. The van der Waals surface area contributed by atoms with Gasteiger partial charge in [-0.1, -0.05) is 41.6 Å². The molecule has 190 valence electrons. The molecule has 0 unspecified atom stereocenters. The predicted molar refractivity (Wildman–Crippen MR) is 149 cm³/mol. The van der Waals surface area contributed by atoms with Gasteiger partial charge < -0.3 is 9.64 Å². The predicted octanol–water partition coefficient (Wildman–Crippen LogP) is 3.40. The fourth-order valence-electron chi connectivity index (χ4n) is 4.22. The van der Waals surface area contributed by atoms with Gasteiger partial charge >= 0.3 is 5.97 Å². The largest absolute Gasteiger partial charge is 0.466 e. The first-order valence-corrected chi connectivity index (χ1v) is 13.7. The number of thioether (sulfide) groups is 1. The third-order valence-corrected chi connectivity index (χ3v) is 8.73. The lowest BCUT2D eigenvalue weighted by molar-refractivity contribution is -0.141. The number of fused-ring (bicyclic) bond motifs is 1. The van der Waals surface area contributed by atoms with Gasteiger partial charge in [0.2, 0.25) is 0 Å². The summed E-state index contributed by atoms with van der Waals surface area (Å²) in [7, 11) is 1.89. The van der Waals surface area contributed by atoms with E-state index >= 15 is 0 Å². The molecule has 3 aromatic rings. The fraction of sp³-hybridized carbons (Fsp3) is 0.231. The highest BCUT2D eigenvalue weighted by molar-refractivity contribution is 8.08. The number of aromatic nitrogens is 1. The van der Waals surface area contributed by atoms with E-state index in [2.05, 4.69) is 5.10 Å². The van der Waals surface area contributed by atoms with Crippen LogP contribution in [0.2, 0.25) is 5.02 Å². The minimum absolute atomic E-state index is 0.182. The number of amides is 1. The maximum Gasteiger partial charge on any atom is 0.311 e. The Morgan fingerprint density at radius 2 is 1.86 bits per heavy atom. The van der Waals surface area contributed by atoms with Crippen LogP contribution in [0.1, 0.15) is 20.3 Å². The second kappa shape index (κ2) is 10.2. The van der Waals surface area contributed by atoms with Gasteiger partial charge in [-0.15, -0.1) is 11.3 Å². The molecule has 1 aromatic heterocycles. The van der Waals surface area contributed by atoms with Crippen LogP contribution in [-0.2, 0) is 20.9 Å². The van der Waals surface area contributed by atoms with Crippen LogP contribution >= 0.6 is 34.7 Å². The number of ether oxygens (including phenoxy) is 1. The minimum atomic E-state index is -0.489. The minimum Gasteiger partial charge on any atom is -0.466 e. The van der Waals surface area contributed by atoms with Crippen LogP contribution in [0.25, 0.3) is 10.6 Å². The lowest BCUT2D eigenvalue weighted by atomic mass is 10.1. The Morgan fingerprint density at radius 1 is 1.11 bits per heavy atom. The zero-order valence-electron chi connectivity index (χ0n) is 20.4. The molecule has 0 atom stereocenters. The number of carbonyl (C=O) groups excluding carboxylic acids is 2. The van der Waals surface area contributed by atoms with Gasteiger partial charge in [-0.3, -0.25) is 19.0 Å². The van der Waals surface area contributed by atoms with Crippen LogP contribution in [0.4, 0.5) is 11.4 Å². The van der Waals surface area contributed by atoms with Gasteiger partial charge in [-0.25, -0.2) is 0 Å². The Kier molecular flexibility index (Phi) is 6.98. The second-order valence-corrected chi connectivity index (χ2v) is 10.7. The maximum absolute atomic E-state index is 13.7. The van der Waals surface area contributed by atoms with Crippen LogP contribution in [0, 0.1) is 0 Å². The molecule has 0 bridgehead atoms. The van der Waals surface area contributed by atoms with Crippen molar-refractivity contribution in [3.63, 3.8) is 0 Å². The van der Waals surface area contributed by atoms with Gasteiger partial charge in [-0.05, 0) is 44.2 Å². The molecule has 0 aliphatic carbocycles. The number of esters is 1. The van der Waals surface area contributed by atoms with E-state index in [4.69, 9.17) is 16.3 Å². The van der Waals surface area contributed by atoms with Crippen molar-refractivity contribution in [3.8, 4) is 0 Å².